The predicted octanol–water partition coefficient (Wildman–Crippen LogP) is 2.31. The summed E-state index contributed by atoms with van der Waals surface area (Å²) in [5, 5.41) is 0.556. The molecule has 3 nitrogen and oxygen atoms in total. The molecule has 0 aromatic heterocycles. The van der Waals surface area contributed by atoms with Crippen LogP contribution in [-0.2, 0) is 5.54 Å². The van der Waals surface area contributed by atoms with Crippen molar-refractivity contribution in [1.29, 1.82) is 0 Å². The van der Waals surface area contributed by atoms with Crippen LogP contribution < -0.4 is 15.2 Å². The molecule has 2 N–H and O–H groups in total. The number of fused-ring (bicyclic) bond motifs is 1. The highest BCUT2D eigenvalue weighted by Crippen LogP contribution is 2.40. The van der Waals surface area contributed by atoms with Gasteiger partial charge in [-0.05, 0) is 31.5 Å². The Morgan fingerprint density at radius 2 is 1.93 bits per heavy atom. The van der Waals surface area contributed by atoms with E-state index >= 15 is 0 Å². The van der Waals surface area contributed by atoms with Crippen LogP contribution >= 0.6 is 11.6 Å². The predicted molar refractivity (Wildman–Crippen MR) is 59.7 cm³/mol. The molecule has 0 aliphatic carbocycles. The number of hydrogen-bond acceptors (Lipinski definition) is 3. The van der Waals surface area contributed by atoms with Crippen molar-refractivity contribution in [2.24, 2.45) is 5.73 Å². The molecule has 82 valence electrons. The van der Waals surface area contributed by atoms with Crippen LogP contribution in [0.4, 0.5) is 0 Å². The molecule has 0 atom stereocenters. The van der Waals surface area contributed by atoms with E-state index in [0.717, 1.165) is 5.56 Å². The molecule has 1 aromatic carbocycles. The average molecular weight is 228 g/mol. The highest BCUT2D eigenvalue weighted by atomic mass is 35.5. The van der Waals surface area contributed by atoms with Crippen molar-refractivity contribution < 1.29 is 9.47 Å². The fraction of sp³-hybridized carbons (Fsp3) is 0.455. The molecule has 0 saturated carbocycles. The molecule has 4 heteroatoms. The average Bonchev–Trinajstić information content (AvgIpc) is 2.16. The summed E-state index contributed by atoms with van der Waals surface area (Å²) in [6.07, 6.45) is 0. The van der Waals surface area contributed by atoms with E-state index in [4.69, 9.17) is 26.8 Å². The van der Waals surface area contributed by atoms with E-state index in [1.807, 2.05) is 26.0 Å². The standard InChI is InChI=1S/C11H14ClNO2/c1-11(2,13)7-5-8(12)10-9(6-7)14-3-4-15-10/h5-6H,3-4,13H2,1-2H3. The van der Waals surface area contributed by atoms with Crippen molar-refractivity contribution in [2.45, 2.75) is 19.4 Å². The lowest BCUT2D eigenvalue weighted by atomic mass is 9.95. The molecule has 0 amide bonds. The first kappa shape index (κ1) is 10.6. The molecule has 15 heavy (non-hydrogen) atoms. The lowest BCUT2D eigenvalue weighted by Gasteiger charge is -2.24. The Balaban J connectivity index is 2.50. The SMILES string of the molecule is CC(C)(N)c1cc(Cl)c2c(c1)OCCO2. The number of nitrogens with two attached hydrogens (primary N) is 1. The van der Waals surface area contributed by atoms with Crippen molar-refractivity contribution in [1.82, 2.24) is 0 Å². The number of benzene rings is 1. The van der Waals surface area contributed by atoms with E-state index in [0.29, 0.717) is 29.7 Å². The summed E-state index contributed by atoms with van der Waals surface area (Å²) in [6.45, 7) is 4.94. The minimum Gasteiger partial charge on any atom is -0.486 e. The maximum Gasteiger partial charge on any atom is 0.179 e. The third-order valence-electron chi connectivity index (χ3n) is 2.34. The topological polar surface area (TPSA) is 44.5 Å². The number of halogens is 1. The molecule has 1 heterocycles. The smallest absolute Gasteiger partial charge is 0.179 e. The largest absolute Gasteiger partial charge is 0.486 e. The van der Waals surface area contributed by atoms with Crippen LogP contribution in [0.25, 0.3) is 0 Å². The maximum atomic E-state index is 6.09. The molecule has 0 radical (unpaired) electrons. The van der Waals surface area contributed by atoms with Crippen molar-refractivity contribution >= 4 is 11.6 Å². The monoisotopic (exact) mass is 227 g/mol. The number of ether oxygens (including phenoxy) is 2. The van der Waals surface area contributed by atoms with E-state index in [1.54, 1.807) is 0 Å². The molecule has 0 bridgehead atoms. The van der Waals surface area contributed by atoms with E-state index < -0.39 is 5.54 Å². The third-order valence-corrected chi connectivity index (χ3v) is 2.62. The quantitative estimate of drug-likeness (QED) is 0.801. The van der Waals surface area contributed by atoms with E-state index in [-0.39, 0.29) is 0 Å². The molecule has 0 fully saturated rings. The molecular weight excluding hydrogens is 214 g/mol. The Labute approximate surface area is 94.1 Å². The Morgan fingerprint density at radius 1 is 1.27 bits per heavy atom. The summed E-state index contributed by atoms with van der Waals surface area (Å²) in [7, 11) is 0. The van der Waals surface area contributed by atoms with E-state index in [2.05, 4.69) is 0 Å². The van der Waals surface area contributed by atoms with Gasteiger partial charge in [-0.25, -0.2) is 0 Å². The second-order valence-electron chi connectivity index (χ2n) is 4.20. The molecule has 0 unspecified atom stereocenters. The van der Waals surface area contributed by atoms with Crippen LogP contribution in [-0.4, -0.2) is 13.2 Å². The Kier molecular flexibility index (Phi) is 2.52. The lowest BCUT2D eigenvalue weighted by molar-refractivity contribution is 0.171. The zero-order chi connectivity index (χ0) is 11.1. The van der Waals surface area contributed by atoms with Crippen LogP contribution in [0.15, 0.2) is 12.1 Å². The van der Waals surface area contributed by atoms with Gasteiger partial charge in [0.05, 0.1) is 5.02 Å². The number of hydrogen-bond donors (Lipinski definition) is 1. The van der Waals surface area contributed by atoms with Gasteiger partial charge in [0.25, 0.3) is 0 Å². The molecular formula is C11H14ClNO2. The normalized spacial score (nSPS) is 15.2. The molecule has 1 aliphatic heterocycles. The van der Waals surface area contributed by atoms with E-state index in [9.17, 15) is 0 Å². The Morgan fingerprint density at radius 3 is 2.60 bits per heavy atom. The van der Waals surface area contributed by atoms with Gasteiger partial charge in [0, 0.05) is 5.54 Å². The second-order valence-corrected chi connectivity index (χ2v) is 4.61. The van der Waals surface area contributed by atoms with Gasteiger partial charge in [-0.15, -0.1) is 0 Å². The highest BCUT2D eigenvalue weighted by molar-refractivity contribution is 6.32. The van der Waals surface area contributed by atoms with Crippen LogP contribution in [0, 0.1) is 0 Å². The van der Waals surface area contributed by atoms with Gasteiger partial charge < -0.3 is 15.2 Å². The zero-order valence-electron chi connectivity index (χ0n) is 8.84. The summed E-state index contributed by atoms with van der Waals surface area (Å²) < 4.78 is 10.9. The van der Waals surface area contributed by atoms with Gasteiger partial charge in [-0.3, -0.25) is 0 Å². The van der Waals surface area contributed by atoms with Crippen molar-refractivity contribution in [2.75, 3.05) is 13.2 Å². The minimum atomic E-state index is -0.431. The van der Waals surface area contributed by atoms with Crippen LogP contribution in [0.1, 0.15) is 19.4 Å². The summed E-state index contributed by atoms with van der Waals surface area (Å²) in [5.41, 5.74) is 6.51. The first-order valence-corrected chi connectivity index (χ1v) is 5.25. The molecule has 1 aromatic rings. The maximum absolute atomic E-state index is 6.09. The van der Waals surface area contributed by atoms with Crippen molar-refractivity contribution in [3.05, 3.63) is 22.7 Å². The molecule has 0 spiro atoms. The fourth-order valence-corrected chi connectivity index (χ4v) is 1.75. The third kappa shape index (κ3) is 2.03. The van der Waals surface area contributed by atoms with Crippen LogP contribution in [0.5, 0.6) is 11.5 Å². The second kappa shape index (κ2) is 3.58. The lowest BCUT2D eigenvalue weighted by Crippen LogP contribution is -2.29. The zero-order valence-corrected chi connectivity index (χ0v) is 9.60. The van der Waals surface area contributed by atoms with Gasteiger partial charge in [-0.2, -0.15) is 0 Å². The summed E-state index contributed by atoms with van der Waals surface area (Å²) in [4.78, 5) is 0. The minimum absolute atomic E-state index is 0.431. The van der Waals surface area contributed by atoms with Gasteiger partial charge in [0.15, 0.2) is 11.5 Å². The molecule has 1 aliphatic rings. The fourth-order valence-electron chi connectivity index (χ4n) is 1.48. The summed E-state index contributed by atoms with van der Waals surface area (Å²) in [6, 6.07) is 3.72. The first-order chi connectivity index (χ1) is 6.98. The highest BCUT2D eigenvalue weighted by Gasteiger charge is 2.22. The van der Waals surface area contributed by atoms with Crippen LogP contribution in [0.2, 0.25) is 5.02 Å². The molecule has 0 saturated heterocycles. The first-order valence-electron chi connectivity index (χ1n) is 4.87. The van der Waals surface area contributed by atoms with Crippen molar-refractivity contribution in [3.8, 4) is 11.5 Å². The number of rotatable bonds is 1. The Bertz CT molecular complexity index is 385. The summed E-state index contributed by atoms with van der Waals surface area (Å²) >= 11 is 6.09. The van der Waals surface area contributed by atoms with Gasteiger partial charge >= 0.3 is 0 Å². The van der Waals surface area contributed by atoms with Gasteiger partial charge in [-0.1, -0.05) is 11.6 Å². The van der Waals surface area contributed by atoms with Gasteiger partial charge in [0.2, 0.25) is 0 Å². The van der Waals surface area contributed by atoms with Crippen molar-refractivity contribution in [3.63, 3.8) is 0 Å². The van der Waals surface area contributed by atoms with Gasteiger partial charge in [0.1, 0.15) is 13.2 Å². The van der Waals surface area contributed by atoms with Crippen LogP contribution in [0.3, 0.4) is 0 Å². The Hall–Kier alpha value is -0.930. The summed E-state index contributed by atoms with van der Waals surface area (Å²) in [5.74, 6) is 1.30. The molecule has 2 rings (SSSR count). The van der Waals surface area contributed by atoms with E-state index in [1.165, 1.54) is 0 Å².